The highest BCUT2D eigenvalue weighted by Gasteiger charge is 2.35. The van der Waals surface area contributed by atoms with Crippen molar-refractivity contribution < 1.29 is 23.8 Å². The van der Waals surface area contributed by atoms with Crippen LogP contribution in [0.15, 0.2) is 48.5 Å². The van der Waals surface area contributed by atoms with Gasteiger partial charge in [0.25, 0.3) is 0 Å². The van der Waals surface area contributed by atoms with Gasteiger partial charge in [0.1, 0.15) is 11.5 Å². The van der Waals surface area contributed by atoms with Crippen LogP contribution in [0, 0.1) is 28.1 Å². The largest absolute Gasteiger partial charge is 0.494 e. The van der Waals surface area contributed by atoms with Crippen molar-refractivity contribution >= 4 is 11.9 Å². The van der Waals surface area contributed by atoms with Crippen LogP contribution in [0.5, 0.6) is 11.5 Å². The lowest BCUT2D eigenvalue weighted by atomic mass is 9.72. The van der Waals surface area contributed by atoms with Crippen molar-refractivity contribution in [3.05, 3.63) is 59.7 Å². The van der Waals surface area contributed by atoms with Crippen LogP contribution in [0.1, 0.15) is 76.7 Å². The number of carbonyl (C=O) groups is 2. The van der Waals surface area contributed by atoms with Crippen molar-refractivity contribution in [1.29, 1.82) is 5.26 Å². The molecule has 0 N–H and O–H groups in total. The molecule has 0 amide bonds. The van der Waals surface area contributed by atoms with Crippen molar-refractivity contribution in [2.75, 3.05) is 13.2 Å². The Morgan fingerprint density at radius 3 is 1.97 bits per heavy atom. The van der Waals surface area contributed by atoms with Crippen molar-refractivity contribution in [1.82, 2.24) is 0 Å². The molecule has 1 atom stereocenters. The van der Waals surface area contributed by atoms with Crippen LogP contribution in [0.3, 0.4) is 0 Å². The van der Waals surface area contributed by atoms with Crippen LogP contribution in [0.25, 0.3) is 0 Å². The summed E-state index contributed by atoms with van der Waals surface area (Å²) in [6.07, 6.45) is 2.25. The lowest BCUT2D eigenvalue weighted by Crippen LogP contribution is -2.33. The summed E-state index contributed by atoms with van der Waals surface area (Å²) in [7, 11) is 0. The van der Waals surface area contributed by atoms with Crippen LogP contribution in [-0.2, 0) is 9.53 Å². The summed E-state index contributed by atoms with van der Waals surface area (Å²) < 4.78 is 16.6. The van der Waals surface area contributed by atoms with Crippen molar-refractivity contribution in [2.24, 2.45) is 16.7 Å². The summed E-state index contributed by atoms with van der Waals surface area (Å²) in [6.45, 7) is 13.5. The topological polar surface area (TPSA) is 85.6 Å². The van der Waals surface area contributed by atoms with Gasteiger partial charge in [0.05, 0.1) is 36.3 Å². The summed E-state index contributed by atoms with van der Waals surface area (Å²) in [5.74, 6) is 0.276. The minimum absolute atomic E-state index is 0.0563. The molecule has 188 valence electrons. The highest BCUT2D eigenvalue weighted by molar-refractivity contribution is 5.91. The highest BCUT2D eigenvalue weighted by Crippen LogP contribution is 2.36. The van der Waals surface area contributed by atoms with Gasteiger partial charge in [-0.2, -0.15) is 5.26 Å². The van der Waals surface area contributed by atoms with E-state index in [1.54, 1.807) is 48.5 Å². The Kier molecular flexibility index (Phi) is 9.89. The Morgan fingerprint density at radius 1 is 0.857 bits per heavy atom. The van der Waals surface area contributed by atoms with E-state index in [0.717, 1.165) is 12.8 Å². The van der Waals surface area contributed by atoms with E-state index in [2.05, 4.69) is 41.5 Å². The lowest BCUT2D eigenvalue weighted by molar-refractivity contribution is -0.154. The monoisotopic (exact) mass is 479 g/mol. The molecule has 0 heterocycles. The smallest absolute Gasteiger partial charge is 0.343 e. The fourth-order valence-electron chi connectivity index (χ4n) is 3.47. The van der Waals surface area contributed by atoms with E-state index in [4.69, 9.17) is 19.5 Å². The maximum Gasteiger partial charge on any atom is 0.343 e. The molecule has 0 aliphatic rings. The fraction of sp³-hybridized carbons (Fsp3) is 0.483. The minimum atomic E-state index is -0.483. The maximum atomic E-state index is 12.6. The van der Waals surface area contributed by atoms with E-state index in [1.807, 2.05) is 6.07 Å². The first-order valence-corrected chi connectivity index (χ1v) is 12.0. The second kappa shape index (κ2) is 12.4. The van der Waals surface area contributed by atoms with Crippen molar-refractivity contribution in [3.8, 4) is 17.6 Å². The van der Waals surface area contributed by atoms with Crippen LogP contribution in [-0.4, -0.2) is 25.2 Å². The lowest BCUT2D eigenvalue weighted by Gasteiger charge is -2.33. The van der Waals surface area contributed by atoms with Gasteiger partial charge in [0.15, 0.2) is 0 Å². The van der Waals surface area contributed by atoms with E-state index >= 15 is 0 Å². The first-order valence-electron chi connectivity index (χ1n) is 12.0. The average molecular weight is 480 g/mol. The molecule has 2 aromatic rings. The first kappa shape index (κ1) is 27.9. The SMILES string of the molecule is CC(C)(C)CC(C(=O)OCCCCOc1ccc(C(=O)Oc2ccc(C#N)cc2)cc1)C(C)(C)C. The molecule has 0 aliphatic heterocycles. The standard InChI is InChI=1S/C29H37NO5/c1-28(2,3)19-25(29(4,5)6)27(32)34-18-8-7-17-33-23-15-11-22(12-16-23)26(31)35-24-13-9-21(20-30)10-14-24/h9-16,25H,7-8,17-19H2,1-6H3. The molecule has 1 unspecified atom stereocenters. The highest BCUT2D eigenvalue weighted by atomic mass is 16.5. The van der Waals surface area contributed by atoms with Gasteiger partial charge in [-0.25, -0.2) is 4.79 Å². The second-order valence-corrected chi connectivity index (χ2v) is 11.0. The number of hydrogen-bond acceptors (Lipinski definition) is 6. The Hall–Kier alpha value is -3.33. The van der Waals surface area contributed by atoms with Crippen LogP contribution in [0.2, 0.25) is 0 Å². The maximum absolute atomic E-state index is 12.6. The van der Waals surface area contributed by atoms with Gasteiger partial charge < -0.3 is 14.2 Å². The Bertz CT molecular complexity index is 1010. The summed E-state index contributed by atoms with van der Waals surface area (Å²) in [5.41, 5.74) is 0.811. The van der Waals surface area contributed by atoms with Crippen LogP contribution < -0.4 is 9.47 Å². The molecule has 0 spiro atoms. The first-order chi connectivity index (χ1) is 16.4. The molecule has 0 fully saturated rings. The molecule has 2 rings (SSSR count). The van der Waals surface area contributed by atoms with Gasteiger partial charge in [0, 0.05) is 0 Å². The Morgan fingerprint density at radius 2 is 1.43 bits per heavy atom. The number of esters is 2. The zero-order valence-electron chi connectivity index (χ0n) is 21.7. The third kappa shape index (κ3) is 9.82. The molecule has 35 heavy (non-hydrogen) atoms. The number of hydrogen-bond donors (Lipinski definition) is 0. The van der Waals surface area contributed by atoms with Crippen LogP contribution >= 0.6 is 0 Å². The number of unbranched alkanes of at least 4 members (excludes halogenated alkanes) is 1. The van der Waals surface area contributed by atoms with Crippen LogP contribution in [0.4, 0.5) is 0 Å². The zero-order valence-corrected chi connectivity index (χ0v) is 21.7. The molecular formula is C29H37NO5. The summed E-state index contributed by atoms with van der Waals surface area (Å²) in [6, 6.07) is 15.1. The minimum Gasteiger partial charge on any atom is -0.494 e. The second-order valence-electron chi connectivity index (χ2n) is 11.0. The van der Waals surface area contributed by atoms with E-state index in [9.17, 15) is 9.59 Å². The number of nitrogens with zero attached hydrogens (tertiary/aromatic N) is 1. The van der Waals surface area contributed by atoms with Gasteiger partial charge in [0.2, 0.25) is 0 Å². The quantitative estimate of drug-likeness (QED) is 0.217. The van der Waals surface area contributed by atoms with Crippen molar-refractivity contribution in [2.45, 2.75) is 60.8 Å². The third-order valence-electron chi connectivity index (χ3n) is 5.48. The molecule has 0 bridgehead atoms. The molecule has 0 radical (unpaired) electrons. The molecular weight excluding hydrogens is 442 g/mol. The van der Waals surface area contributed by atoms with Gasteiger partial charge >= 0.3 is 11.9 Å². The number of nitriles is 1. The third-order valence-corrected chi connectivity index (χ3v) is 5.48. The molecule has 6 nitrogen and oxygen atoms in total. The molecule has 6 heteroatoms. The normalized spacial score (nSPS) is 12.4. The molecule has 0 aliphatic carbocycles. The molecule has 0 aromatic heterocycles. The molecule has 2 aromatic carbocycles. The predicted octanol–water partition coefficient (Wildman–Crippen LogP) is 6.58. The van der Waals surface area contributed by atoms with Gasteiger partial charge in [-0.3, -0.25) is 4.79 Å². The van der Waals surface area contributed by atoms with E-state index in [1.165, 1.54) is 0 Å². The number of benzene rings is 2. The van der Waals surface area contributed by atoms with Gasteiger partial charge in [-0.1, -0.05) is 41.5 Å². The summed E-state index contributed by atoms with van der Waals surface area (Å²) in [4.78, 5) is 24.9. The van der Waals surface area contributed by atoms with Gasteiger partial charge in [-0.05, 0) is 78.6 Å². The fourth-order valence-corrected chi connectivity index (χ4v) is 3.47. The van der Waals surface area contributed by atoms with E-state index in [0.29, 0.717) is 42.3 Å². The number of rotatable bonds is 10. The zero-order chi connectivity index (χ0) is 26.1. The van der Waals surface area contributed by atoms with E-state index < -0.39 is 5.97 Å². The summed E-state index contributed by atoms with van der Waals surface area (Å²) >= 11 is 0. The average Bonchev–Trinajstić information content (AvgIpc) is 2.79. The van der Waals surface area contributed by atoms with Crippen molar-refractivity contribution in [3.63, 3.8) is 0 Å². The Balaban J connectivity index is 1.72. The predicted molar refractivity (Wildman–Crippen MR) is 135 cm³/mol. The Labute approximate surface area is 209 Å². The summed E-state index contributed by atoms with van der Waals surface area (Å²) in [5, 5.41) is 8.83. The van der Waals surface area contributed by atoms with E-state index in [-0.39, 0.29) is 22.7 Å². The van der Waals surface area contributed by atoms with Gasteiger partial charge in [-0.15, -0.1) is 0 Å². The molecule has 0 saturated carbocycles. The molecule has 0 saturated heterocycles. The number of carbonyl (C=O) groups excluding carboxylic acids is 2. The number of ether oxygens (including phenoxy) is 3.